The minimum Gasteiger partial charge on any atom is -0.478 e. The fourth-order valence-corrected chi connectivity index (χ4v) is 2.16. The largest absolute Gasteiger partial charge is 0.478 e. The van der Waals surface area contributed by atoms with E-state index in [1.807, 2.05) is 31.2 Å². The number of nitrogens with zero attached hydrogens (tertiary/aromatic N) is 2. The SMILES string of the molecule is Cc1nnc(Nc2ccc(C(=O)O)cc2)c2ccccc12. The molecular formula is C16H13N3O2. The number of hydrogen-bond donors (Lipinski definition) is 2. The van der Waals surface area contributed by atoms with Gasteiger partial charge in [-0.2, -0.15) is 5.10 Å². The number of fused-ring (bicyclic) bond motifs is 1. The van der Waals surface area contributed by atoms with E-state index in [4.69, 9.17) is 5.11 Å². The van der Waals surface area contributed by atoms with Gasteiger partial charge in [0.25, 0.3) is 0 Å². The van der Waals surface area contributed by atoms with E-state index in [9.17, 15) is 4.79 Å². The molecule has 3 rings (SSSR count). The monoisotopic (exact) mass is 279 g/mol. The zero-order valence-corrected chi connectivity index (χ0v) is 11.4. The molecular weight excluding hydrogens is 266 g/mol. The summed E-state index contributed by atoms with van der Waals surface area (Å²) in [6.45, 7) is 1.92. The van der Waals surface area contributed by atoms with Crippen molar-refractivity contribution < 1.29 is 9.90 Å². The first-order valence-electron chi connectivity index (χ1n) is 6.47. The van der Waals surface area contributed by atoms with Crippen LogP contribution in [-0.2, 0) is 0 Å². The Labute approximate surface area is 121 Å². The molecule has 2 aromatic carbocycles. The minimum atomic E-state index is -0.942. The van der Waals surface area contributed by atoms with Crippen LogP contribution in [0.2, 0.25) is 0 Å². The molecule has 2 N–H and O–H groups in total. The number of benzene rings is 2. The summed E-state index contributed by atoms with van der Waals surface area (Å²) in [4.78, 5) is 10.8. The highest BCUT2D eigenvalue weighted by Gasteiger charge is 2.07. The van der Waals surface area contributed by atoms with Crippen LogP contribution >= 0.6 is 0 Å². The Morgan fingerprint density at radius 3 is 2.33 bits per heavy atom. The second-order valence-corrected chi connectivity index (χ2v) is 4.69. The predicted octanol–water partition coefficient (Wildman–Crippen LogP) is 3.38. The molecule has 1 heterocycles. The number of carboxylic acid groups (broad SMARTS) is 1. The summed E-state index contributed by atoms with van der Waals surface area (Å²) in [7, 11) is 0. The molecule has 0 unspecified atom stereocenters. The number of anilines is 2. The molecule has 0 spiro atoms. The Balaban J connectivity index is 1.98. The number of aryl methyl sites for hydroxylation is 1. The number of carboxylic acids is 1. The standard InChI is InChI=1S/C16H13N3O2/c1-10-13-4-2-3-5-14(13)15(19-18-10)17-12-8-6-11(7-9-12)16(20)21/h2-9H,1H3,(H,17,19)(H,20,21). The molecule has 0 fully saturated rings. The first-order valence-corrected chi connectivity index (χ1v) is 6.47. The van der Waals surface area contributed by atoms with Crippen LogP contribution in [-0.4, -0.2) is 21.3 Å². The average Bonchev–Trinajstić information content (AvgIpc) is 2.51. The van der Waals surface area contributed by atoms with Crippen molar-refractivity contribution in [3.63, 3.8) is 0 Å². The summed E-state index contributed by atoms with van der Waals surface area (Å²) >= 11 is 0. The van der Waals surface area contributed by atoms with Gasteiger partial charge in [-0.1, -0.05) is 24.3 Å². The van der Waals surface area contributed by atoms with Gasteiger partial charge in [-0.25, -0.2) is 4.79 Å². The molecule has 0 atom stereocenters. The van der Waals surface area contributed by atoms with Crippen molar-refractivity contribution in [3.05, 3.63) is 59.8 Å². The molecule has 0 bridgehead atoms. The van der Waals surface area contributed by atoms with Gasteiger partial charge in [0.05, 0.1) is 11.3 Å². The highest BCUT2D eigenvalue weighted by atomic mass is 16.4. The maximum Gasteiger partial charge on any atom is 0.335 e. The molecule has 21 heavy (non-hydrogen) atoms. The van der Waals surface area contributed by atoms with Crippen molar-refractivity contribution in [2.24, 2.45) is 0 Å². The smallest absolute Gasteiger partial charge is 0.335 e. The predicted molar refractivity (Wildman–Crippen MR) is 81.0 cm³/mol. The topological polar surface area (TPSA) is 75.1 Å². The van der Waals surface area contributed by atoms with E-state index < -0.39 is 5.97 Å². The van der Waals surface area contributed by atoms with E-state index in [1.54, 1.807) is 24.3 Å². The van der Waals surface area contributed by atoms with Crippen LogP contribution < -0.4 is 5.32 Å². The summed E-state index contributed by atoms with van der Waals surface area (Å²) in [5, 5.41) is 22.4. The molecule has 0 aliphatic rings. The zero-order valence-electron chi connectivity index (χ0n) is 11.4. The molecule has 0 aliphatic heterocycles. The van der Waals surface area contributed by atoms with Gasteiger partial charge in [0, 0.05) is 16.5 Å². The minimum absolute atomic E-state index is 0.250. The van der Waals surface area contributed by atoms with E-state index >= 15 is 0 Å². The second kappa shape index (κ2) is 5.20. The average molecular weight is 279 g/mol. The highest BCUT2D eigenvalue weighted by molar-refractivity contribution is 5.94. The van der Waals surface area contributed by atoms with Crippen LogP contribution in [0.25, 0.3) is 10.8 Å². The fourth-order valence-electron chi connectivity index (χ4n) is 2.16. The fraction of sp³-hybridized carbons (Fsp3) is 0.0625. The van der Waals surface area contributed by atoms with Crippen molar-refractivity contribution in [1.82, 2.24) is 10.2 Å². The lowest BCUT2D eigenvalue weighted by molar-refractivity contribution is 0.0697. The first-order chi connectivity index (χ1) is 10.1. The Morgan fingerprint density at radius 1 is 1.00 bits per heavy atom. The number of aromatic nitrogens is 2. The summed E-state index contributed by atoms with van der Waals surface area (Å²) < 4.78 is 0. The third-order valence-corrected chi connectivity index (χ3v) is 3.27. The maximum atomic E-state index is 10.8. The normalized spacial score (nSPS) is 10.5. The van der Waals surface area contributed by atoms with Gasteiger partial charge in [-0.15, -0.1) is 5.10 Å². The molecule has 0 aliphatic carbocycles. The van der Waals surface area contributed by atoms with E-state index in [2.05, 4.69) is 15.5 Å². The van der Waals surface area contributed by atoms with E-state index in [0.29, 0.717) is 5.82 Å². The van der Waals surface area contributed by atoms with Crippen molar-refractivity contribution in [2.75, 3.05) is 5.32 Å². The van der Waals surface area contributed by atoms with Crippen LogP contribution in [0, 0.1) is 6.92 Å². The summed E-state index contributed by atoms with van der Waals surface area (Å²) in [6.07, 6.45) is 0. The quantitative estimate of drug-likeness (QED) is 0.768. The van der Waals surface area contributed by atoms with Crippen LogP contribution in [0.3, 0.4) is 0 Å². The highest BCUT2D eigenvalue weighted by Crippen LogP contribution is 2.25. The summed E-state index contributed by atoms with van der Waals surface area (Å²) in [5.41, 5.74) is 1.89. The van der Waals surface area contributed by atoms with Crippen LogP contribution in [0.15, 0.2) is 48.5 Å². The third kappa shape index (κ3) is 2.53. The molecule has 5 nitrogen and oxygen atoms in total. The van der Waals surface area contributed by atoms with Gasteiger partial charge in [0.15, 0.2) is 5.82 Å². The van der Waals surface area contributed by atoms with Gasteiger partial charge in [-0.05, 0) is 31.2 Å². The van der Waals surface area contributed by atoms with Crippen LogP contribution in [0.4, 0.5) is 11.5 Å². The molecule has 0 radical (unpaired) electrons. The van der Waals surface area contributed by atoms with Gasteiger partial charge in [-0.3, -0.25) is 0 Å². The van der Waals surface area contributed by atoms with Crippen molar-refractivity contribution in [1.29, 1.82) is 0 Å². The maximum absolute atomic E-state index is 10.8. The lowest BCUT2D eigenvalue weighted by atomic mass is 10.1. The number of aromatic carboxylic acids is 1. The molecule has 104 valence electrons. The van der Waals surface area contributed by atoms with Crippen LogP contribution in [0.1, 0.15) is 16.1 Å². The molecule has 5 heteroatoms. The Hall–Kier alpha value is -2.95. The molecule has 0 saturated carbocycles. The summed E-state index contributed by atoms with van der Waals surface area (Å²) in [5.74, 6) is -0.290. The lowest BCUT2D eigenvalue weighted by Crippen LogP contribution is -2.00. The number of hydrogen-bond acceptors (Lipinski definition) is 4. The van der Waals surface area contributed by atoms with Crippen molar-refractivity contribution in [3.8, 4) is 0 Å². The Kier molecular flexibility index (Phi) is 3.23. The second-order valence-electron chi connectivity index (χ2n) is 4.69. The number of carbonyl (C=O) groups is 1. The van der Waals surface area contributed by atoms with Gasteiger partial charge >= 0.3 is 5.97 Å². The Bertz CT molecular complexity index is 813. The molecule has 3 aromatic rings. The van der Waals surface area contributed by atoms with Crippen LogP contribution in [0.5, 0.6) is 0 Å². The van der Waals surface area contributed by atoms with Crippen molar-refractivity contribution >= 4 is 28.2 Å². The molecule has 1 aromatic heterocycles. The number of rotatable bonds is 3. The zero-order chi connectivity index (χ0) is 14.8. The Morgan fingerprint density at radius 2 is 1.67 bits per heavy atom. The van der Waals surface area contributed by atoms with Gasteiger partial charge in [0.2, 0.25) is 0 Å². The number of nitrogens with one attached hydrogen (secondary N) is 1. The molecule has 0 amide bonds. The lowest BCUT2D eigenvalue weighted by Gasteiger charge is -2.09. The van der Waals surface area contributed by atoms with Crippen molar-refractivity contribution in [2.45, 2.75) is 6.92 Å². The summed E-state index contributed by atoms with van der Waals surface area (Å²) in [6, 6.07) is 14.4. The van der Waals surface area contributed by atoms with Gasteiger partial charge < -0.3 is 10.4 Å². The van der Waals surface area contributed by atoms with Gasteiger partial charge in [0.1, 0.15) is 0 Å². The van der Waals surface area contributed by atoms with E-state index in [0.717, 1.165) is 22.2 Å². The molecule has 0 saturated heterocycles. The van der Waals surface area contributed by atoms with E-state index in [1.165, 1.54) is 0 Å². The van der Waals surface area contributed by atoms with E-state index in [-0.39, 0.29) is 5.56 Å². The first kappa shape index (κ1) is 13.1. The third-order valence-electron chi connectivity index (χ3n) is 3.27.